The smallest absolute Gasteiger partial charge is 0.272 e. The fraction of sp³-hybridized carbons (Fsp3) is 0.538. The molecule has 0 radical (unpaired) electrons. The topological polar surface area (TPSA) is 58.4 Å². The highest BCUT2D eigenvalue weighted by molar-refractivity contribution is 5.85. The average molecular weight is 286 g/mol. The third-order valence-corrected chi connectivity index (χ3v) is 3.33. The van der Waals surface area contributed by atoms with Gasteiger partial charge < -0.3 is 5.32 Å². The Labute approximate surface area is 119 Å². The molecule has 1 saturated heterocycles. The minimum atomic E-state index is -0.306. The first kappa shape index (κ1) is 15.9. The van der Waals surface area contributed by atoms with E-state index in [1.165, 1.54) is 0 Å². The lowest BCUT2D eigenvalue weighted by molar-refractivity contribution is -0.385. The van der Waals surface area contributed by atoms with Crippen molar-refractivity contribution in [2.45, 2.75) is 26.4 Å². The lowest BCUT2D eigenvalue weighted by Crippen LogP contribution is -2.48. The molecule has 5 nitrogen and oxygen atoms in total. The molecule has 0 bridgehead atoms. The van der Waals surface area contributed by atoms with Gasteiger partial charge in [0.05, 0.1) is 4.92 Å². The highest BCUT2D eigenvalue weighted by Crippen LogP contribution is 2.20. The second-order valence-corrected chi connectivity index (χ2v) is 4.97. The van der Waals surface area contributed by atoms with E-state index in [4.69, 9.17) is 0 Å². The van der Waals surface area contributed by atoms with Gasteiger partial charge in [-0.05, 0) is 19.4 Å². The van der Waals surface area contributed by atoms with Crippen molar-refractivity contribution >= 4 is 18.1 Å². The van der Waals surface area contributed by atoms with Crippen molar-refractivity contribution < 1.29 is 4.92 Å². The Morgan fingerprint density at radius 3 is 2.89 bits per heavy atom. The largest absolute Gasteiger partial charge is 0.312 e. The van der Waals surface area contributed by atoms with Crippen LogP contribution in [0.2, 0.25) is 0 Å². The van der Waals surface area contributed by atoms with E-state index in [1.807, 2.05) is 12.1 Å². The molecular formula is C13H20ClN3O2. The molecule has 1 aromatic carbocycles. The lowest BCUT2D eigenvalue weighted by Gasteiger charge is -2.31. The number of piperazine rings is 1. The van der Waals surface area contributed by atoms with Gasteiger partial charge in [-0.1, -0.05) is 12.1 Å². The fourth-order valence-corrected chi connectivity index (χ4v) is 2.36. The molecule has 19 heavy (non-hydrogen) atoms. The SMILES string of the molecule is Cc1ccc(CN2CCN[C@@H](C)C2)cc1[N+](=O)[O-].Cl. The van der Waals surface area contributed by atoms with Crippen LogP contribution in [0.3, 0.4) is 0 Å². The van der Waals surface area contributed by atoms with Crippen LogP contribution in [0.25, 0.3) is 0 Å². The Hall–Kier alpha value is -1.17. The van der Waals surface area contributed by atoms with E-state index >= 15 is 0 Å². The Morgan fingerprint density at radius 1 is 1.53 bits per heavy atom. The zero-order valence-corrected chi connectivity index (χ0v) is 12.1. The number of hydrogen-bond acceptors (Lipinski definition) is 4. The van der Waals surface area contributed by atoms with Crippen LogP contribution in [-0.4, -0.2) is 35.5 Å². The molecule has 1 aliphatic heterocycles. The van der Waals surface area contributed by atoms with E-state index in [2.05, 4.69) is 17.1 Å². The second-order valence-electron chi connectivity index (χ2n) is 4.97. The molecule has 0 unspecified atom stereocenters. The molecule has 2 rings (SSSR count). The lowest BCUT2D eigenvalue weighted by atomic mass is 10.1. The molecule has 1 aromatic rings. The molecule has 1 heterocycles. The van der Waals surface area contributed by atoms with Gasteiger partial charge in [-0.15, -0.1) is 12.4 Å². The highest BCUT2D eigenvalue weighted by atomic mass is 35.5. The molecular weight excluding hydrogens is 266 g/mol. The second kappa shape index (κ2) is 6.84. The number of nitro benzene ring substituents is 1. The normalized spacial score (nSPS) is 19.8. The zero-order valence-electron chi connectivity index (χ0n) is 11.3. The van der Waals surface area contributed by atoms with E-state index in [9.17, 15) is 10.1 Å². The molecule has 1 N–H and O–H groups in total. The molecule has 0 aliphatic carbocycles. The van der Waals surface area contributed by atoms with Gasteiger partial charge in [-0.3, -0.25) is 15.0 Å². The maximum atomic E-state index is 10.9. The fourth-order valence-electron chi connectivity index (χ4n) is 2.36. The van der Waals surface area contributed by atoms with Crippen molar-refractivity contribution in [3.8, 4) is 0 Å². The molecule has 0 saturated carbocycles. The molecule has 1 atom stereocenters. The number of nitrogens with one attached hydrogen (secondary N) is 1. The van der Waals surface area contributed by atoms with Crippen LogP contribution in [0.4, 0.5) is 5.69 Å². The third kappa shape index (κ3) is 4.16. The van der Waals surface area contributed by atoms with Gasteiger partial charge in [0.2, 0.25) is 0 Å². The highest BCUT2D eigenvalue weighted by Gasteiger charge is 2.17. The minimum Gasteiger partial charge on any atom is -0.312 e. The van der Waals surface area contributed by atoms with E-state index in [0.717, 1.165) is 37.3 Å². The molecule has 0 spiro atoms. The first-order valence-corrected chi connectivity index (χ1v) is 6.26. The zero-order chi connectivity index (χ0) is 13.1. The number of rotatable bonds is 3. The van der Waals surface area contributed by atoms with E-state index in [-0.39, 0.29) is 23.0 Å². The van der Waals surface area contributed by atoms with E-state index < -0.39 is 0 Å². The number of halogens is 1. The van der Waals surface area contributed by atoms with Crippen LogP contribution in [-0.2, 0) is 6.54 Å². The molecule has 1 fully saturated rings. The van der Waals surface area contributed by atoms with Crippen LogP contribution in [0.1, 0.15) is 18.1 Å². The summed E-state index contributed by atoms with van der Waals surface area (Å²) in [6.45, 7) is 7.68. The maximum Gasteiger partial charge on any atom is 0.272 e. The predicted octanol–water partition coefficient (Wildman–Crippen LogP) is 2.12. The van der Waals surface area contributed by atoms with Gasteiger partial charge >= 0.3 is 0 Å². The summed E-state index contributed by atoms with van der Waals surface area (Å²) in [5, 5.41) is 14.3. The average Bonchev–Trinajstić information content (AvgIpc) is 2.31. The Morgan fingerprint density at radius 2 is 2.26 bits per heavy atom. The van der Waals surface area contributed by atoms with Crippen molar-refractivity contribution in [2.24, 2.45) is 0 Å². The molecule has 1 aliphatic rings. The third-order valence-electron chi connectivity index (χ3n) is 3.33. The van der Waals surface area contributed by atoms with Crippen molar-refractivity contribution in [3.05, 3.63) is 39.4 Å². The summed E-state index contributed by atoms with van der Waals surface area (Å²) < 4.78 is 0. The number of nitrogens with zero attached hydrogens (tertiary/aromatic N) is 2. The predicted molar refractivity (Wildman–Crippen MR) is 77.8 cm³/mol. The monoisotopic (exact) mass is 285 g/mol. The van der Waals surface area contributed by atoms with Crippen LogP contribution >= 0.6 is 12.4 Å². The van der Waals surface area contributed by atoms with Gasteiger partial charge in [0.1, 0.15) is 0 Å². The van der Waals surface area contributed by atoms with Crippen molar-refractivity contribution in [1.29, 1.82) is 0 Å². The van der Waals surface area contributed by atoms with E-state index in [1.54, 1.807) is 13.0 Å². The summed E-state index contributed by atoms with van der Waals surface area (Å²) in [6.07, 6.45) is 0. The number of aryl methyl sites for hydroxylation is 1. The minimum absolute atomic E-state index is 0. The van der Waals surface area contributed by atoms with Gasteiger partial charge in [0.25, 0.3) is 5.69 Å². The summed E-state index contributed by atoms with van der Waals surface area (Å²) in [5.74, 6) is 0. The Kier molecular flexibility index (Phi) is 5.72. The van der Waals surface area contributed by atoms with Crippen molar-refractivity contribution in [1.82, 2.24) is 10.2 Å². The molecule has 0 amide bonds. The first-order valence-electron chi connectivity index (χ1n) is 6.26. The quantitative estimate of drug-likeness (QED) is 0.683. The summed E-state index contributed by atoms with van der Waals surface area (Å²) in [7, 11) is 0. The van der Waals surface area contributed by atoms with Gasteiger partial charge in [-0.25, -0.2) is 0 Å². The molecule has 106 valence electrons. The van der Waals surface area contributed by atoms with Crippen LogP contribution in [0.5, 0.6) is 0 Å². The van der Waals surface area contributed by atoms with Gasteiger partial charge in [0.15, 0.2) is 0 Å². The number of nitro groups is 1. The van der Waals surface area contributed by atoms with Crippen LogP contribution < -0.4 is 5.32 Å². The van der Waals surface area contributed by atoms with Crippen LogP contribution in [0.15, 0.2) is 18.2 Å². The Bertz CT molecular complexity index is 454. The summed E-state index contributed by atoms with van der Waals surface area (Å²) in [5.41, 5.74) is 1.95. The molecule has 6 heteroatoms. The van der Waals surface area contributed by atoms with Gasteiger partial charge in [-0.2, -0.15) is 0 Å². The Balaban J connectivity index is 0.00000180. The maximum absolute atomic E-state index is 10.9. The first-order chi connectivity index (χ1) is 8.56. The van der Waals surface area contributed by atoms with Crippen molar-refractivity contribution in [2.75, 3.05) is 19.6 Å². The number of benzene rings is 1. The number of hydrogen-bond donors (Lipinski definition) is 1. The van der Waals surface area contributed by atoms with Gasteiger partial charge in [0, 0.05) is 43.9 Å². The summed E-state index contributed by atoms with van der Waals surface area (Å²) in [4.78, 5) is 12.9. The van der Waals surface area contributed by atoms with E-state index in [0.29, 0.717) is 6.04 Å². The van der Waals surface area contributed by atoms with Crippen LogP contribution in [0, 0.1) is 17.0 Å². The standard InChI is InChI=1S/C13H19N3O2.ClH/c1-10-3-4-12(7-13(10)16(17)18)9-15-6-5-14-11(2)8-15;/h3-4,7,11,14H,5-6,8-9H2,1-2H3;1H/t11-;/m0./s1. The van der Waals surface area contributed by atoms with Crippen molar-refractivity contribution in [3.63, 3.8) is 0 Å². The summed E-state index contributed by atoms with van der Waals surface area (Å²) in [6, 6.07) is 6.00. The summed E-state index contributed by atoms with van der Waals surface area (Å²) >= 11 is 0. The molecule has 0 aromatic heterocycles.